The Morgan fingerprint density at radius 2 is 1.10 bits per heavy atom. The molecule has 0 amide bonds. The molecule has 0 bridgehead atoms. The van der Waals surface area contributed by atoms with Crippen molar-refractivity contribution in [2.45, 2.75) is 0 Å². The molecule has 1 N–H and O–H groups in total. The van der Waals surface area contributed by atoms with Gasteiger partial charge in [-0.2, -0.15) is 0 Å². The SMILES string of the molecule is CNc1ccc(-c2nc3ccc(OCCOCCOCCOCCOCCOCCOCCOCCF)cc3s2)cc1. The Hall–Kier alpha value is -2.42. The van der Waals surface area contributed by atoms with Crippen molar-refractivity contribution >= 4 is 27.2 Å². The van der Waals surface area contributed by atoms with Gasteiger partial charge in [0.15, 0.2) is 0 Å². The number of halogens is 1. The molecule has 0 aliphatic carbocycles. The lowest BCUT2D eigenvalue weighted by molar-refractivity contribution is -0.0214. The fourth-order valence-electron chi connectivity index (χ4n) is 3.59. The zero-order valence-electron chi connectivity index (χ0n) is 24.4. The van der Waals surface area contributed by atoms with Gasteiger partial charge in [0.05, 0.1) is 103 Å². The van der Waals surface area contributed by atoms with Crippen LogP contribution < -0.4 is 10.1 Å². The number of hydrogen-bond acceptors (Lipinski definition) is 11. The highest BCUT2D eigenvalue weighted by atomic mass is 32.1. The van der Waals surface area contributed by atoms with Gasteiger partial charge in [0.25, 0.3) is 0 Å². The van der Waals surface area contributed by atoms with Crippen molar-refractivity contribution in [3.63, 3.8) is 0 Å². The van der Waals surface area contributed by atoms with Crippen LogP contribution >= 0.6 is 11.3 Å². The molecule has 12 heteroatoms. The summed E-state index contributed by atoms with van der Waals surface area (Å²) in [6.45, 7) is 6.33. The van der Waals surface area contributed by atoms with Crippen molar-refractivity contribution in [2.75, 3.05) is 118 Å². The monoisotopic (exact) mass is 610 g/mol. The van der Waals surface area contributed by atoms with Crippen molar-refractivity contribution in [3.05, 3.63) is 42.5 Å². The zero-order chi connectivity index (χ0) is 29.5. The largest absolute Gasteiger partial charge is 0.491 e. The summed E-state index contributed by atoms with van der Waals surface area (Å²) in [5, 5.41) is 4.12. The van der Waals surface area contributed by atoms with Gasteiger partial charge in [-0.3, -0.25) is 0 Å². The summed E-state index contributed by atoms with van der Waals surface area (Å²) in [5.74, 6) is 0.802. The van der Waals surface area contributed by atoms with E-state index in [1.54, 1.807) is 11.3 Å². The van der Waals surface area contributed by atoms with Crippen molar-refractivity contribution in [1.82, 2.24) is 4.98 Å². The Labute approximate surface area is 251 Å². The molecule has 0 saturated heterocycles. The predicted molar refractivity (Wildman–Crippen MR) is 162 cm³/mol. The number of thiazole rings is 1. The van der Waals surface area contributed by atoms with E-state index >= 15 is 0 Å². The molecular formula is C30H43FN2O8S. The maximum Gasteiger partial charge on any atom is 0.124 e. The standard InChI is InChI=1S/C30H43FN2O8S/c1-32-26-4-2-25(3-5-26)30-33-28-7-6-27(24-29(28)42-30)41-23-22-40-21-20-39-19-18-38-17-16-37-15-14-36-13-12-35-11-10-34-9-8-31/h2-7,24,32H,8-23H2,1H3. The maximum absolute atomic E-state index is 11.8. The minimum Gasteiger partial charge on any atom is -0.491 e. The molecule has 42 heavy (non-hydrogen) atoms. The molecule has 0 saturated carbocycles. The number of hydrogen-bond donors (Lipinski definition) is 1. The van der Waals surface area contributed by atoms with E-state index in [9.17, 15) is 4.39 Å². The number of anilines is 1. The summed E-state index contributed by atoms with van der Waals surface area (Å²) in [5.41, 5.74) is 3.13. The van der Waals surface area contributed by atoms with Gasteiger partial charge in [-0.25, -0.2) is 9.37 Å². The van der Waals surface area contributed by atoms with Gasteiger partial charge in [-0.1, -0.05) is 0 Å². The number of fused-ring (bicyclic) bond motifs is 1. The highest BCUT2D eigenvalue weighted by molar-refractivity contribution is 7.21. The van der Waals surface area contributed by atoms with Crippen LogP contribution in [-0.4, -0.2) is 118 Å². The first kappa shape index (κ1) is 34.1. The molecule has 0 fully saturated rings. The molecule has 0 atom stereocenters. The van der Waals surface area contributed by atoms with Crippen molar-refractivity contribution in [2.24, 2.45) is 0 Å². The van der Waals surface area contributed by atoms with E-state index in [2.05, 4.69) is 17.4 Å². The second kappa shape index (κ2) is 22.2. The summed E-state index contributed by atoms with van der Waals surface area (Å²) in [6.07, 6.45) is 0. The normalized spacial score (nSPS) is 11.4. The second-order valence-corrected chi connectivity index (χ2v) is 9.83. The number of aromatic nitrogens is 1. The van der Waals surface area contributed by atoms with E-state index in [4.69, 9.17) is 42.9 Å². The number of alkyl halides is 1. The summed E-state index contributed by atoms with van der Waals surface area (Å²) in [4.78, 5) is 4.75. The van der Waals surface area contributed by atoms with E-state index in [0.717, 1.165) is 32.2 Å². The van der Waals surface area contributed by atoms with Crippen LogP contribution in [0.5, 0.6) is 5.75 Å². The number of ether oxygens (including phenoxy) is 8. The molecule has 10 nitrogen and oxygen atoms in total. The fourth-order valence-corrected chi connectivity index (χ4v) is 4.59. The minimum absolute atomic E-state index is 0.115. The average molecular weight is 611 g/mol. The number of rotatable bonds is 26. The highest BCUT2D eigenvalue weighted by Gasteiger charge is 2.08. The first-order valence-corrected chi connectivity index (χ1v) is 15.0. The minimum atomic E-state index is -0.473. The molecule has 1 aromatic heterocycles. The van der Waals surface area contributed by atoms with Crippen LogP contribution in [0.25, 0.3) is 20.8 Å². The van der Waals surface area contributed by atoms with E-state index in [1.807, 2.05) is 37.4 Å². The summed E-state index contributed by atoms with van der Waals surface area (Å²) in [7, 11) is 1.91. The van der Waals surface area contributed by atoms with Gasteiger partial charge in [0.1, 0.15) is 24.0 Å². The van der Waals surface area contributed by atoms with Gasteiger partial charge in [-0.15, -0.1) is 11.3 Å². The third-order valence-corrected chi connectivity index (χ3v) is 6.80. The van der Waals surface area contributed by atoms with Crippen molar-refractivity contribution < 1.29 is 42.3 Å². The lowest BCUT2D eigenvalue weighted by Crippen LogP contribution is -2.15. The molecule has 0 spiro atoms. The molecular weight excluding hydrogens is 567 g/mol. The molecule has 1 heterocycles. The van der Waals surface area contributed by atoms with Crippen LogP contribution in [0, 0.1) is 0 Å². The Balaban J connectivity index is 1.08. The Morgan fingerprint density at radius 1 is 0.619 bits per heavy atom. The number of nitrogens with one attached hydrogen (secondary N) is 1. The molecule has 234 valence electrons. The molecule has 3 aromatic rings. The first-order chi connectivity index (χ1) is 20.8. The van der Waals surface area contributed by atoms with Crippen molar-refractivity contribution in [1.29, 1.82) is 0 Å². The summed E-state index contributed by atoms with van der Waals surface area (Å²) < 4.78 is 56.5. The molecule has 0 aliphatic heterocycles. The van der Waals surface area contributed by atoms with Crippen LogP contribution in [0.15, 0.2) is 42.5 Å². The molecule has 3 rings (SSSR count). The van der Waals surface area contributed by atoms with Gasteiger partial charge in [0, 0.05) is 18.3 Å². The Kier molecular flexibility index (Phi) is 18.0. The quantitative estimate of drug-likeness (QED) is 0.131. The average Bonchev–Trinajstić information content (AvgIpc) is 3.45. The Bertz CT molecular complexity index is 1090. The summed E-state index contributed by atoms with van der Waals surface area (Å²) >= 11 is 1.65. The van der Waals surface area contributed by atoms with Gasteiger partial charge in [0.2, 0.25) is 0 Å². The summed E-state index contributed by atoms with van der Waals surface area (Å²) in [6, 6.07) is 14.2. The molecule has 2 aromatic carbocycles. The topological polar surface area (TPSA) is 98.8 Å². The van der Waals surface area contributed by atoms with Crippen molar-refractivity contribution in [3.8, 4) is 16.3 Å². The van der Waals surface area contributed by atoms with Crippen LogP contribution in [0.1, 0.15) is 0 Å². The number of benzene rings is 2. The third kappa shape index (κ3) is 14.2. The van der Waals surface area contributed by atoms with Crippen LogP contribution in [0.3, 0.4) is 0 Å². The van der Waals surface area contributed by atoms with Crippen LogP contribution in [0.4, 0.5) is 10.1 Å². The smallest absolute Gasteiger partial charge is 0.124 e. The lowest BCUT2D eigenvalue weighted by atomic mass is 10.2. The zero-order valence-corrected chi connectivity index (χ0v) is 25.2. The molecule has 0 radical (unpaired) electrons. The number of nitrogens with zero attached hydrogens (tertiary/aromatic N) is 1. The van der Waals surface area contributed by atoms with Gasteiger partial charge < -0.3 is 43.2 Å². The highest BCUT2D eigenvalue weighted by Crippen LogP contribution is 2.32. The van der Waals surface area contributed by atoms with E-state index < -0.39 is 6.67 Å². The van der Waals surface area contributed by atoms with Crippen LogP contribution in [-0.2, 0) is 33.2 Å². The molecule has 0 unspecified atom stereocenters. The van der Waals surface area contributed by atoms with E-state index in [1.165, 1.54) is 0 Å². The van der Waals surface area contributed by atoms with Gasteiger partial charge in [-0.05, 0) is 42.5 Å². The maximum atomic E-state index is 11.8. The predicted octanol–water partition coefficient (Wildman–Crippen LogP) is 4.47. The van der Waals surface area contributed by atoms with Gasteiger partial charge >= 0.3 is 0 Å². The van der Waals surface area contributed by atoms with E-state index in [-0.39, 0.29) is 6.61 Å². The Morgan fingerprint density at radius 3 is 1.57 bits per heavy atom. The fraction of sp³-hybridized carbons (Fsp3) is 0.567. The van der Waals surface area contributed by atoms with Crippen LogP contribution in [0.2, 0.25) is 0 Å². The first-order valence-electron chi connectivity index (χ1n) is 14.2. The van der Waals surface area contributed by atoms with E-state index in [0.29, 0.717) is 92.5 Å². The third-order valence-electron chi connectivity index (χ3n) is 5.73. The molecule has 0 aliphatic rings. The second-order valence-electron chi connectivity index (χ2n) is 8.80. The lowest BCUT2D eigenvalue weighted by Gasteiger charge is -2.09.